The van der Waals surface area contributed by atoms with Crippen molar-refractivity contribution in [2.24, 2.45) is 5.41 Å². The molecule has 28 heavy (non-hydrogen) atoms. The smallest absolute Gasteiger partial charge is 0.216 e. The molecule has 1 amide bonds. The van der Waals surface area contributed by atoms with Crippen molar-refractivity contribution in [3.05, 3.63) is 12.3 Å². The van der Waals surface area contributed by atoms with Gasteiger partial charge >= 0.3 is 0 Å². The molecule has 1 saturated carbocycles. The molecule has 1 aliphatic carbocycles. The summed E-state index contributed by atoms with van der Waals surface area (Å²) in [7, 11) is 0. The molecule has 0 aromatic carbocycles. The first-order valence-electron chi connectivity index (χ1n) is 12.2. The third kappa shape index (κ3) is 10.5. The molecule has 1 aliphatic heterocycles. The number of rotatable bonds is 8. The molecule has 1 heterocycles. The van der Waals surface area contributed by atoms with Crippen LogP contribution in [0.4, 0.5) is 0 Å². The number of carbonyl (C=O) groups excluding carboxylic acids is 1. The van der Waals surface area contributed by atoms with Gasteiger partial charge in [0.05, 0.1) is 0 Å². The molecule has 3 heteroatoms. The van der Waals surface area contributed by atoms with Gasteiger partial charge in [0.15, 0.2) is 0 Å². The van der Waals surface area contributed by atoms with E-state index >= 15 is 0 Å². The summed E-state index contributed by atoms with van der Waals surface area (Å²) in [6, 6.07) is 0. The van der Waals surface area contributed by atoms with Crippen LogP contribution in [0, 0.1) is 5.41 Å². The van der Waals surface area contributed by atoms with E-state index in [9.17, 15) is 4.79 Å². The Kier molecular flexibility index (Phi) is 13.4. The van der Waals surface area contributed by atoms with Crippen LogP contribution in [0.5, 0.6) is 0 Å². The number of amides is 1. The van der Waals surface area contributed by atoms with E-state index in [1.54, 1.807) is 6.92 Å². The minimum atomic E-state index is 0.0599. The van der Waals surface area contributed by atoms with Crippen LogP contribution in [0.25, 0.3) is 0 Å². The van der Waals surface area contributed by atoms with E-state index in [0.717, 1.165) is 37.9 Å². The second kappa shape index (κ2) is 14.9. The number of allylic oxidation sites excluding steroid dienone is 1. The summed E-state index contributed by atoms with van der Waals surface area (Å²) in [6.07, 6.45) is 20.8. The monoisotopic (exact) mass is 392 g/mol. The van der Waals surface area contributed by atoms with E-state index in [0.29, 0.717) is 0 Å². The lowest BCUT2D eigenvalue weighted by Gasteiger charge is -2.31. The first kappa shape index (κ1) is 25.0. The van der Waals surface area contributed by atoms with Gasteiger partial charge in [-0.15, -0.1) is 0 Å². The van der Waals surface area contributed by atoms with Crippen LogP contribution < -0.4 is 5.32 Å². The fourth-order valence-corrected chi connectivity index (χ4v) is 4.74. The molecule has 0 aromatic rings. The van der Waals surface area contributed by atoms with Crippen LogP contribution >= 0.6 is 0 Å². The molecule has 0 unspecified atom stereocenters. The number of unbranched alkanes of at least 4 members (excludes halogenated alkanes) is 1. The van der Waals surface area contributed by atoms with Gasteiger partial charge < -0.3 is 10.2 Å². The van der Waals surface area contributed by atoms with Crippen molar-refractivity contribution >= 4 is 5.91 Å². The molecule has 1 N–H and O–H groups in total. The minimum absolute atomic E-state index is 0.0599. The number of nitrogens with zero attached hydrogens (tertiary/aromatic N) is 1. The maximum atomic E-state index is 10.7. The Bertz CT molecular complexity index is 424. The van der Waals surface area contributed by atoms with Crippen molar-refractivity contribution in [3.8, 4) is 0 Å². The minimum Gasteiger partial charge on any atom is -0.375 e. The predicted octanol–water partition coefficient (Wildman–Crippen LogP) is 6.83. The molecule has 1 saturated heterocycles. The van der Waals surface area contributed by atoms with E-state index in [4.69, 9.17) is 0 Å². The predicted molar refractivity (Wildman–Crippen MR) is 122 cm³/mol. The van der Waals surface area contributed by atoms with Crippen molar-refractivity contribution in [2.45, 2.75) is 117 Å². The highest BCUT2D eigenvalue weighted by atomic mass is 16.1. The van der Waals surface area contributed by atoms with Crippen LogP contribution in [-0.4, -0.2) is 30.4 Å². The quantitative estimate of drug-likeness (QED) is 0.363. The average Bonchev–Trinajstić information content (AvgIpc) is 3.05. The van der Waals surface area contributed by atoms with E-state index < -0.39 is 0 Å². The first-order valence-corrected chi connectivity index (χ1v) is 12.2. The van der Waals surface area contributed by atoms with Crippen LogP contribution in [0.2, 0.25) is 0 Å². The Morgan fingerprint density at radius 1 is 1.04 bits per heavy atom. The number of carbonyl (C=O) groups is 1. The van der Waals surface area contributed by atoms with E-state index in [2.05, 4.69) is 30.6 Å². The normalized spacial score (nSPS) is 19.8. The Morgan fingerprint density at radius 2 is 1.71 bits per heavy atom. The molecule has 164 valence electrons. The SMILES string of the molecule is C=C1CCCCCN1CCCNC(C)=O.CCCCC1(CC)CCCCCC1. The third-order valence-electron chi connectivity index (χ3n) is 6.79. The molecule has 0 atom stereocenters. The number of likely N-dealkylation sites (tertiary alicyclic amines) is 1. The molecule has 0 aromatic heterocycles. The zero-order valence-electron chi connectivity index (χ0n) is 19.3. The third-order valence-corrected chi connectivity index (χ3v) is 6.79. The van der Waals surface area contributed by atoms with Gasteiger partial charge in [-0.1, -0.05) is 71.8 Å². The van der Waals surface area contributed by atoms with Gasteiger partial charge in [-0.2, -0.15) is 0 Å². The second-order valence-electron chi connectivity index (χ2n) is 9.07. The van der Waals surface area contributed by atoms with Gasteiger partial charge in [-0.05, 0) is 50.4 Å². The molecule has 3 nitrogen and oxygen atoms in total. The topological polar surface area (TPSA) is 32.3 Å². The lowest BCUT2D eigenvalue weighted by atomic mass is 9.74. The molecular weight excluding hydrogens is 344 g/mol. The lowest BCUT2D eigenvalue weighted by molar-refractivity contribution is -0.118. The van der Waals surface area contributed by atoms with E-state index in [1.165, 1.54) is 89.2 Å². The van der Waals surface area contributed by atoms with Gasteiger partial charge in [0.1, 0.15) is 0 Å². The number of nitrogens with one attached hydrogen (secondary N) is 1. The summed E-state index contributed by atoms with van der Waals surface area (Å²) in [6.45, 7) is 13.3. The highest BCUT2D eigenvalue weighted by Gasteiger charge is 2.27. The van der Waals surface area contributed by atoms with Crippen LogP contribution in [0.1, 0.15) is 117 Å². The number of hydrogen-bond acceptors (Lipinski definition) is 2. The molecule has 0 bridgehead atoms. The fourth-order valence-electron chi connectivity index (χ4n) is 4.74. The zero-order chi connectivity index (χ0) is 20.7. The van der Waals surface area contributed by atoms with Crippen molar-refractivity contribution in [1.82, 2.24) is 10.2 Å². The molecule has 2 fully saturated rings. The Balaban J connectivity index is 0.000000283. The highest BCUT2D eigenvalue weighted by Crippen LogP contribution is 2.41. The average molecular weight is 393 g/mol. The second-order valence-corrected chi connectivity index (χ2v) is 9.07. The first-order chi connectivity index (χ1) is 13.5. The summed E-state index contributed by atoms with van der Waals surface area (Å²) in [5.74, 6) is 0.0599. The summed E-state index contributed by atoms with van der Waals surface area (Å²) < 4.78 is 0. The highest BCUT2D eigenvalue weighted by molar-refractivity contribution is 5.72. The Morgan fingerprint density at radius 3 is 2.32 bits per heavy atom. The Labute approximate surface area is 175 Å². The summed E-state index contributed by atoms with van der Waals surface area (Å²) >= 11 is 0. The van der Waals surface area contributed by atoms with Gasteiger partial charge in [-0.25, -0.2) is 0 Å². The van der Waals surface area contributed by atoms with Crippen molar-refractivity contribution in [2.75, 3.05) is 19.6 Å². The molecule has 2 aliphatic rings. The van der Waals surface area contributed by atoms with Gasteiger partial charge in [-0.3, -0.25) is 4.79 Å². The maximum absolute atomic E-state index is 10.7. The van der Waals surface area contributed by atoms with Crippen LogP contribution in [0.15, 0.2) is 12.3 Å². The maximum Gasteiger partial charge on any atom is 0.216 e. The number of hydrogen-bond donors (Lipinski definition) is 1. The van der Waals surface area contributed by atoms with Gasteiger partial charge in [0.25, 0.3) is 0 Å². The standard InChI is InChI=1S/C13H26.C12H22N2O/c1-3-5-10-13(4-2)11-8-6-7-9-12-13;1-11-7-4-3-5-9-14(11)10-6-8-13-12(2)15/h3-12H2,1-2H3;1,3-10H2,2H3,(H,13,15). The van der Waals surface area contributed by atoms with Crippen molar-refractivity contribution < 1.29 is 4.79 Å². The molecule has 0 radical (unpaired) electrons. The van der Waals surface area contributed by atoms with Crippen molar-refractivity contribution in [1.29, 1.82) is 0 Å². The van der Waals surface area contributed by atoms with E-state index in [1.807, 2.05) is 0 Å². The van der Waals surface area contributed by atoms with Crippen LogP contribution in [0.3, 0.4) is 0 Å². The Hall–Kier alpha value is -0.990. The van der Waals surface area contributed by atoms with E-state index in [-0.39, 0.29) is 5.91 Å². The largest absolute Gasteiger partial charge is 0.375 e. The molecular formula is C25H48N2O. The van der Waals surface area contributed by atoms with Gasteiger partial charge in [0, 0.05) is 32.3 Å². The van der Waals surface area contributed by atoms with Crippen molar-refractivity contribution in [3.63, 3.8) is 0 Å². The summed E-state index contributed by atoms with van der Waals surface area (Å²) in [5.41, 5.74) is 2.03. The fraction of sp³-hybridized carbons (Fsp3) is 0.880. The lowest BCUT2D eigenvalue weighted by Crippen LogP contribution is -2.28. The van der Waals surface area contributed by atoms with Gasteiger partial charge in [0.2, 0.25) is 5.91 Å². The molecule has 2 rings (SSSR count). The molecule has 0 spiro atoms. The van der Waals surface area contributed by atoms with Crippen LogP contribution in [-0.2, 0) is 4.79 Å². The summed E-state index contributed by atoms with van der Waals surface area (Å²) in [5, 5.41) is 2.82. The summed E-state index contributed by atoms with van der Waals surface area (Å²) in [4.78, 5) is 13.0. The zero-order valence-corrected chi connectivity index (χ0v) is 19.3.